The molecule has 6 heteroatoms. The summed E-state index contributed by atoms with van der Waals surface area (Å²) in [4.78, 5) is 16.8. The maximum Gasteiger partial charge on any atom is 0.253 e. The van der Waals surface area contributed by atoms with Crippen LogP contribution in [0.15, 0.2) is 42.5 Å². The molecule has 0 saturated carbocycles. The average Bonchev–Trinajstić information content (AvgIpc) is 2.73. The molecule has 1 aliphatic heterocycles. The lowest BCUT2D eigenvalue weighted by atomic mass is 10.1. The summed E-state index contributed by atoms with van der Waals surface area (Å²) in [7, 11) is 4.84. The van der Waals surface area contributed by atoms with Gasteiger partial charge in [0.25, 0.3) is 5.91 Å². The molecule has 6 nitrogen and oxygen atoms in total. The van der Waals surface area contributed by atoms with Crippen molar-refractivity contribution in [2.75, 3.05) is 47.5 Å². The third kappa shape index (κ3) is 4.34. The Morgan fingerprint density at radius 1 is 0.889 bits per heavy atom. The molecule has 0 N–H and O–H groups in total. The average molecular weight is 370 g/mol. The molecule has 1 fully saturated rings. The van der Waals surface area contributed by atoms with E-state index in [4.69, 9.17) is 14.2 Å². The number of carbonyl (C=O) groups is 1. The van der Waals surface area contributed by atoms with Crippen molar-refractivity contribution in [2.24, 2.45) is 0 Å². The fourth-order valence-electron chi connectivity index (χ4n) is 3.36. The fraction of sp³-hybridized carbons (Fsp3) is 0.381. The van der Waals surface area contributed by atoms with E-state index in [1.165, 1.54) is 0 Å². The lowest BCUT2D eigenvalue weighted by Crippen LogP contribution is -2.48. The molecule has 0 atom stereocenters. The van der Waals surface area contributed by atoms with Crippen LogP contribution in [0.2, 0.25) is 0 Å². The molecule has 1 heterocycles. The molecule has 0 unspecified atom stereocenters. The number of piperazine rings is 1. The van der Waals surface area contributed by atoms with Gasteiger partial charge in [0.05, 0.1) is 21.3 Å². The van der Waals surface area contributed by atoms with Gasteiger partial charge in [0, 0.05) is 38.3 Å². The Hall–Kier alpha value is -2.73. The summed E-state index contributed by atoms with van der Waals surface area (Å²) < 4.78 is 16.2. The van der Waals surface area contributed by atoms with Crippen LogP contribution in [0, 0.1) is 0 Å². The number of amides is 1. The van der Waals surface area contributed by atoms with Gasteiger partial charge in [0.15, 0.2) is 11.5 Å². The number of ether oxygens (including phenoxy) is 3. The van der Waals surface area contributed by atoms with E-state index in [2.05, 4.69) is 4.90 Å². The molecule has 0 radical (unpaired) electrons. The third-order valence-corrected chi connectivity index (χ3v) is 4.81. The van der Waals surface area contributed by atoms with Crippen LogP contribution in [-0.2, 0) is 6.54 Å². The van der Waals surface area contributed by atoms with Gasteiger partial charge in [-0.2, -0.15) is 0 Å². The molecule has 0 bridgehead atoms. The molecule has 2 aromatic rings. The first-order valence-corrected chi connectivity index (χ1v) is 9.01. The highest BCUT2D eigenvalue weighted by atomic mass is 16.5. The number of rotatable bonds is 6. The van der Waals surface area contributed by atoms with E-state index >= 15 is 0 Å². The molecule has 1 saturated heterocycles. The normalized spacial score (nSPS) is 14.7. The van der Waals surface area contributed by atoms with Gasteiger partial charge in [0.2, 0.25) is 5.75 Å². The number of hydrogen-bond donors (Lipinski definition) is 0. The van der Waals surface area contributed by atoms with Crippen LogP contribution in [0.25, 0.3) is 0 Å². The zero-order chi connectivity index (χ0) is 19.2. The van der Waals surface area contributed by atoms with Crippen molar-refractivity contribution in [3.63, 3.8) is 0 Å². The summed E-state index contributed by atoms with van der Waals surface area (Å²) in [5.41, 5.74) is 1.84. The highest BCUT2D eigenvalue weighted by Gasteiger charge is 2.23. The van der Waals surface area contributed by atoms with Gasteiger partial charge in [-0.15, -0.1) is 0 Å². The molecule has 3 rings (SSSR count). The number of hydrogen-bond acceptors (Lipinski definition) is 5. The van der Waals surface area contributed by atoms with Crippen LogP contribution in [0.3, 0.4) is 0 Å². The van der Waals surface area contributed by atoms with Crippen molar-refractivity contribution in [1.82, 2.24) is 9.80 Å². The van der Waals surface area contributed by atoms with Crippen molar-refractivity contribution in [2.45, 2.75) is 6.54 Å². The van der Waals surface area contributed by atoms with E-state index < -0.39 is 0 Å². The summed E-state index contributed by atoms with van der Waals surface area (Å²) in [6.07, 6.45) is 0. The Balaban J connectivity index is 1.63. The lowest BCUT2D eigenvalue weighted by Gasteiger charge is -2.35. The molecule has 0 aromatic heterocycles. The van der Waals surface area contributed by atoms with Gasteiger partial charge in [-0.05, 0) is 29.8 Å². The van der Waals surface area contributed by atoms with Crippen molar-refractivity contribution < 1.29 is 19.0 Å². The van der Waals surface area contributed by atoms with E-state index in [0.717, 1.165) is 43.9 Å². The maximum absolute atomic E-state index is 12.6. The first-order valence-electron chi connectivity index (χ1n) is 9.01. The van der Waals surface area contributed by atoms with Crippen LogP contribution < -0.4 is 14.2 Å². The van der Waals surface area contributed by atoms with E-state index in [9.17, 15) is 4.79 Å². The van der Waals surface area contributed by atoms with Crippen molar-refractivity contribution >= 4 is 5.91 Å². The predicted octanol–water partition coefficient (Wildman–Crippen LogP) is 2.67. The third-order valence-electron chi connectivity index (χ3n) is 4.81. The van der Waals surface area contributed by atoms with Crippen LogP contribution in [0.4, 0.5) is 0 Å². The topological polar surface area (TPSA) is 51.2 Å². The van der Waals surface area contributed by atoms with E-state index in [-0.39, 0.29) is 5.91 Å². The van der Waals surface area contributed by atoms with E-state index in [0.29, 0.717) is 17.2 Å². The predicted molar refractivity (Wildman–Crippen MR) is 104 cm³/mol. The van der Waals surface area contributed by atoms with Gasteiger partial charge in [-0.25, -0.2) is 0 Å². The molecule has 144 valence electrons. The van der Waals surface area contributed by atoms with Crippen molar-refractivity contribution in [3.8, 4) is 17.2 Å². The molecular weight excluding hydrogens is 344 g/mol. The second-order valence-electron chi connectivity index (χ2n) is 6.47. The number of carbonyl (C=O) groups excluding carboxylic acids is 1. The second kappa shape index (κ2) is 8.77. The molecule has 27 heavy (non-hydrogen) atoms. The van der Waals surface area contributed by atoms with Gasteiger partial charge in [-0.3, -0.25) is 9.69 Å². The van der Waals surface area contributed by atoms with E-state index in [1.807, 2.05) is 47.4 Å². The zero-order valence-electron chi connectivity index (χ0n) is 16.1. The van der Waals surface area contributed by atoms with Crippen molar-refractivity contribution in [1.29, 1.82) is 0 Å². The van der Waals surface area contributed by atoms with Crippen LogP contribution in [0.1, 0.15) is 15.9 Å². The summed E-state index contributed by atoms with van der Waals surface area (Å²) >= 11 is 0. The summed E-state index contributed by atoms with van der Waals surface area (Å²) in [5.74, 6) is 2.01. The highest BCUT2D eigenvalue weighted by molar-refractivity contribution is 5.94. The van der Waals surface area contributed by atoms with E-state index in [1.54, 1.807) is 21.3 Å². The SMILES string of the molecule is COc1cc(CN2CCN(C(=O)c3ccccc3)CC2)cc(OC)c1OC. The minimum Gasteiger partial charge on any atom is -0.493 e. The fourth-order valence-corrected chi connectivity index (χ4v) is 3.36. The number of nitrogens with zero attached hydrogens (tertiary/aromatic N) is 2. The Morgan fingerprint density at radius 3 is 2.00 bits per heavy atom. The Bertz CT molecular complexity index is 746. The van der Waals surface area contributed by atoms with Crippen LogP contribution >= 0.6 is 0 Å². The molecule has 2 aromatic carbocycles. The monoisotopic (exact) mass is 370 g/mol. The Kier molecular flexibility index (Phi) is 6.19. The Morgan fingerprint density at radius 2 is 1.48 bits per heavy atom. The smallest absolute Gasteiger partial charge is 0.253 e. The second-order valence-corrected chi connectivity index (χ2v) is 6.47. The lowest BCUT2D eigenvalue weighted by molar-refractivity contribution is 0.0628. The van der Waals surface area contributed by atoms with Gasteiger partial charge in [0.1, 0.15) is 0 Å². The van der Waals surface area contributed by atoms with Gasteiger partial charge >= 0.3 is 0 Å². The molecular formula is C21H26N2O4. The summed E-state index contributed by atoms with van der Waals surface area (Å²) in [6, 6.07) is 13.4. The minimum absolute atomic E-state index is 0.100. The van der Waals surface area contributed by atoms with Crippen LogP contribution in [-0.4, -0.2) is 63.2 Å². The standard InChI is InChI=1S/C21H26N2O4/c1-25-18-13-16(14-19(26-2)20(18)27-3)15-22-9-11-23(12-10-22)21(24)17-7-5-4-6-8-17/h4-8,13-14H,9-12,15H2,1-3H3. The summed E-state index contributed by atoms with van der Waals surface area (Å²) in [5, 5.41) is 0. The van der Waals surface area contributed by atoms with Crippen molar-refractivity contribution in [3.05, 3.63) is 53.6 Å². The van der Waals surface area contributed by atoms with Gasteiger partial charge < -0.3 is 19.1 Å². The molecule has 0 spiro atoms. The first kappa shape index (κ1) is 19.0. The number of methoxy groups -OCH3 is 3. The summed E-state index contributed by atoms with van der Waals surface area (Å²) in [6.45, 7) is 3.87. The Labute approximate surface area is 160 Å². The maximum atomic E-state index is 12.6. The molecule has 1 aliphatic rings. The highest BCUT2D eigenvalue weighted by Crippen LogP contribution is 2.38. The quantitative estimate of drug-likeness (QED) is 0.783. The largest absolute Gasteiger partial charge is 0.493 e. The molecule has 1 amide bonds. The van der Waals surface area contributed by atoms with Gasteiger partial charge in [-0.1, -0.05) is 18.2 Å². The van der Waals surface area contributed by atoms with Crippen LogP contribution in [0.5, 0.6) is 17.2 Å². The molecule has 0 aliphatic carbocycles. The number of benzene rings is 2. The first-order chi connectivity index (χ1) is 13.2. The minimum atomic E-state index is 0.100. The zero-order valence-corrected chi connectivity index (χ0v) is 16.1.